The van der Waals surface area contributed by atoms with Crippen molar-refractivity contribution >= 4 is 43.4 Å². The quantitative estimate of drug-likeness (QED) is 0.171. The second-order valence-electron chi connectivity index (χ2n) is 14.4. The van der Waals surface area contributed by atoms with Crippen molar-refractivity contribution in [3.63, 3.8) is 0 Å². The first-order valence-corrected chi connectivity index (χ1v) is 19.3. The van der Waals surface area contributed by atoms with Crippen LogP contribution in [0.4, 0.5) is 0 Å². The first kappa shape index (κ1) is 32.7. The molecule has 2 heterocycles. The van der Waals surface area contributed by atoms with E-state index >= 15 is 0 Å². The maximum absolute atomic E-state index is 5.32. The SMILES string of the molecule is c1ccc(-c2cc(-c3nc(-c4ccccc4)nc(-c4ccc(-c5ccc6c(c5)c5ccccc5n6-c5ccccc5)c5ccccc45)n3)c3ccccc3c2)cc1. The van der Waals surface area contributed by atoms with Gasteiger partial charge in [0, 0.05) is 33.2 Å². The maximum atomic E-state index is 5.32. The summed E-state index contributed by atoms with van der Waals surface area (Å²) in [5.41, 5.74) is 11.0. The lowest BCUT2D eigenvalue weighted by Gasteiger charge is -2.15. The van der Waals surface area contributed by atoms with E-state index < -0.39 is 0 Å². The van der Waals surface area contributed by atoms with Crippen LogP contribution in [0.15, 0.2) is 206 Å². The fourth-order valence-electron chi connectivity index (χ4n) is 8.37. The molecule has 11 rings (SSSR count). The van der Waals surface area contributed by atoms with Crippen LogP contribution in [0.5, 0.6) is 0 Å². The first-order chi connectivity index (χ1) is 28.3. The molecule has 0 saturated heterocycles. The summed E-state index contributed by atoms with van der Waals surface area (Å²) in [6.45, 7) is 0. The Morgan fingerprint density at radius 3 is 1.58 bits per heavy atom. The van der Waals surface area contributed by atoms with Crippen molar-refractivity contribution in [1.29, 1.82) is 0 Å². The molecule has 57 heavy (non-hydrogen) atoms. The number of hydrogen-bond donors (Lipinski definition) is 0. The molecule has 0 atom stereocenters. The van der Waals surface area contributed by atoms with Gasteiger partial charge in [0.1, 0.15) is 0 Å². The molecule has 0 fully saturated rings. The van der Waals surface area contributed by atoms with Crippen LogP contribution in [0, 0.1) is 0 Å². The van der Waals surface area contributed by atoms with Gasteiger partial charge in [0.2, 0.25) is 0 Å². The molecule has 266 valence electrons. The van der Waals surface area contributed by atoms with Gasteiger partial charge in [0.05, 0.1) is 11.0 Å². The molecule has 9 aromatic carbocycles. The van der Waals surface area contributed by atoms with E-state index in [1.165, 1.54) is 21.8 Å². The molecular formula is C53H34N4. The predicted molar refractivity (Wildman–Crippen MR) is 236 cm³/mol. The Bertz CT molecular complexity index is 3280. The van der Waals surface area contributed by atoms with Gasteiger partial charge in [0.15, 0.2) is 17.5 Å². The summed E-state index contributed by atoms with van der Waals surface area (Å²) in [5.74, 6) is 1.91. The van der Waals surface area contributed by atoms with E-state index in [1.807, 2.05) is 24.3 Å². The van der Waals surface area contributed by atoms with Crippen molar-refractivity contribution in [2.75, 3.05) is 0 Å². The molecule has 0 unspecified atom stereocenters. The molecule has 0 saturated carbocycles. The third-order valence-electron chi connectivity index (χ3n) is 11.0. The topological polar surface area (TPSA) is 43.6 Å². The minimum atomic E-state index is 0.636. The number of rotatable bonds is 6. The van der Waals surface area contributed by atoms with Crippen molar-refractivity contribution < 1.29 is 0 Å². The van der Waals surface area contributed by atoms with E-state index in [4.69, 9.17) is 15.0 Å². The van der Waals surface area contributed by atoms with Crippen LogP contribution in [-0.4, -0.2) is 19.5 Å². The van der Waals surface area contributed by atoms with E-state index in [2.05, 4.69) is 187 Å². The molecule has 0 N–H and O–H groups in total. The largest absolute Gasteiger partial charge is 0.309 e. The van der Waals surface area contributed by atoms with Gasteiger partial charge in [-0.3, -0.25) is 0 Å². The Labute approximate surface area is 330 Å². The lowest BCUT2D eigenvalue weighted by molar-refractivity contribution is 1.08. The number of hydrogen-bond acceptors (Lipinski definition) is 3. The molecule has 0 amide bonds. The van der Waals surface area contributed by atoms with Gasteiger partial charge >= 0.3 is 0 Å². The Hall–Kier alpha value is -7.69. The third kappa shape index (κ3) is 5.66. The molecule has 11 aromatic rings. The highest BCUT2D eigenvalue weighted by Gasteiger charge is 2.19. The molecular weight excluding hydrogens is 693 g/mol. The summed E-state index contributed by atoms with van der Waals surface area (Å²) >= 11 is 0. The zero-order valence-electron chi connectivity index (χ0n) is 30.9. The molecule has 2 aromatic heterocycles. The average molecular weight is 727 g/mol. The lowest BCUT2D eigenvalue weighted by Crippen LogP contribution is -2.01. The average Bonchev–Trinajstić information content (AvgIpc) is 3.62. The molecule has 0 aliphatic heterocycles. The van der Waals surface area contributed by atoms with E-state index in [0.29, 0.717) is 17.5 Å². The Morgan fingerprint density at radius 1 is 0.281 bits per heavy atom. The molecule has 0 radical (unpaired) electrons. The van der Waals surface area contributed by atoms with Crippen LogP contribution in [-0.2, 0) is 0 Å². The molecule has 0 spiro atoms. The molecule has 4 heteroatoms. The van der Waals surface area contributed by atoms with Gasteiger partial charge in [-0.05, 0) is 92.3 Å². The van der Waals surface area contributed by atoms with Crippen LogP contribution in [0.3, 0.4) is 0 Å². The monoisotopic (exact) mass is 726 g/mol. The number of para-hydroxylation sites is 2. The highest BCUT2D eigenvalue weighted by Crippen LogP contribution is 2.40. The zero-order chi connectivity index (χ0) is 37.7. The summed E-state index contributed by atoms with van der Waals surface area (Å²) in [7, 11) is 0. The number of nitrogens with zero attached hydrogens (tertiary/aromatic N) is 4. The second kappa shape index (κ2) is 13.6. The van der Waals surface area contributed by atoms with Crippen molar-refractivity contribution in [3.8, 4) is 62.1 Å². The molecule has 0 aliphatic carbocycles. The summed E-state index contributed by atoms with van der Waals surface area (Å²) in [6, 6.07) is 72.8. The minimum absolute atomic E-state index is 0.636. The van der Waals surface area contributed by atoms with E-state index in [-0.39, 0.29) is 0 Å². The molecule has 0 aliphatic rings. The standard InChI is InChI=1S/C53H34N4/c1-4-16-35(17-5-1)39-32-37-20-10-11-23-41(37)48(34-39)53-55-51(36-18-6-2-7-19-36)54-52(56-53)46-30-29-42(43-24-12-13-25-44(43)46)38-28-31-50-47(33-38)45-26-14-15-27-49(45)57(50)40-21-8-3-9-22-40/h1-34H. The highest BCUT2D eigenvalue weighted by atomic mass is 15.0. The lowest BCUT2D eigenvalue weighted by atomic mass is 9.93. The summed E-state index contributed by atoms with van der Waals surface area (Å²) in [6.07, 6.45) is 0. The van der Waals surface area contributed by atoms with Crippen LogP contribution >= 0.6 is 0 Å². The normalized spacial score (nSPS) is 11.5. The van der Waals surface area contributed by atoms with Crippen molar-refractivity contribution in [2.45, 2.75) is 0 Å². The van der Waals surface area contributed by atoms with Crippen molar-refractivity contribution in [2.24, 2.45) is 0 Å². The van der Waals surface area contributed by atoms with Crippen LogP contribution in [0.2, 0.25) is 0 Å². The fraction of sp³-hybridized carbons (Fsp3) is 0. The van der Waals surface area contributed by atoms with E-state index in [1.54, 1.807) is 0 Å². The van der Waals surface area contributed by atoms with Crippen molar-refractivity contribution in [1.82, 2.24) is 19.5 Å². The van der Waals surface area contributed by atoms with Gasteiger partial charge in [-0.15, -0.1) is 0 Å². The molecule has 4 nitrogen and oxygen atoms in total. The van der Waals surface area contributed by atoms with Crippen molar-refractivity contribution in [3.05, 3.63) is 206 Å². The van der Waals surface area contributed by atoms with Gasteiger partial charge < -0.3 is 4.57 Å². The van der Waals surface area contributed by atoms with Crippen LogP contribution in [0.25, 0.3) is 105 Å². The Morgan fingerprint density at radius 2 is 0.825 bits per heavy atom. The Balaban J connectivity index is 1.11. The minimum Gasteiger partial charge on any atom is -0.309 e. The summed E-state index contributed by atoms with van der Waals surface area (Å²) in [4.78, 5) is 15.7. The van der Waals surface area contributed by atoms with E-state index in [9.17, 15) is 0 Å². The zero-order valence-corrected chi connectivity index (χ0v) is 30.9. The predicted octanol–water partition coefficient (Wildman–Crippen LogP) is 13.6. The second-order valence-corrected chi connectivity index (χ2v) is 14.4. The van der Waals surface area contributed by atoms with Crippen LogP contribution < -0.4 is 0 Å². The summed E-state index contributed by atoms with van der Waals surface area (Å²) in [5, 5.41) is 6.91. The van der Waals surface area contributed by atoms with Gasteiger partial charge in [-0.2, -0.15) is 0 Å². The van der Waals surface area contributed by atoms with Gasteiger partial charge in [-0.1, -0.05) is 158 Å². The maximum Gasteiger partial charge on any atom is 0.164 e. The molecule has 0 bridgehead atoms. The highest BCUT2D eigenvalue weighted by molar-refractivity contribution is 6.12. The summed E-state index contributed by atoms with van der Waals surface area (Å²) < 4.78 is 2.36. The number of aromatic nitrogens is 4. The van der Waals surface area contributed by atoms with Gasteiger partial charge in [0.25, 0.3) is 0 Å². The first-order valence-electron chi connectivity index (χ1n) is 19.3. The smallest absolute Gasteiger partial charge is 0.164 e. The van der Waals surface area contributed by atoms with Crippen LogP contribution in [0.1, 0.15) is 0 Å². The Kier molecular flexibility index (Phi) is 7.78. The number of fused-ring (bicyclic) bond motifs is 5. The van der Waals surface area contributed by atoms with E-state index in [0.717, 1.165) is 66.2 Å². The third-order valence-corrected chi connectivity index (χ3v) is 11.0. The fourth-order valence-corrected chi connectivity index (χ4v) is 8.37. The number of benzene rings is 9. The van der Waals surface area contributed by atoms with Gasteiger partial charge in [-0.25, -0.2) is 15.0 Å².